The summed E-state index contributed by atoms with van der Waals surface area (Å²) < 4.78 is 32.2. The first-order chi connectivity index (χ1) is 13.0. The van der Waals surface area contributed by atoms with Crippen LogP contribution in [0.1, 0.15) is 21.7 Å². The second kappa shape index (κ2) is 8.15. The number of pyridine rings is 1. The molecule has 0 unspecified atom stereocenters. The van der Waals surface area contributed by atoms with E-state index in [9.17, 15) is 13.2 Å². The van der Waals surface area contributed by atoms with Gasteiger partial charge in [0.2, 0.25) is 10.0 Å². The van der Waals surface area contributed by atoms with E-state index in [1.807, 2.05) is 12.1 Å². The zero-order chi connectivity index (χ0) is 19.3. The van der Waals surface area contributed by atoms with Crippen molar-refractivity contribution in [2.45, 2.75) is 18.0 Å². The monoisotopic (exact) mass is 385 g/mol. The van der Waals surface area contributed by atoms with Gasteiger partial charge in [-0.05, 0) is 54.1 Å². The van der Waals surface area contributed by atoms with Crippen molar-refractivity contribution in [2.24, 2.45) is 0 Å². The summed E-state index contributed by atoms with van der Waals surface area (Å²) >= 11 is 0. The Morgan fingerprint density at radius 1 is 1.11 bits per heavy atom. The molecule has 0 bridgehead atoms. The number of aromatic nitrogens is 1. The van der Waals surface area contributed by atoms with Crippen LogP contribution in [0.3, 0.4) is 0 Å². The highest BCUT2D eigenvalue weighted by molar-refractivity contribution is 7.89. The van der Waals surface area contributed by atoms with Crippen molar-refractivity contribution in [3.05, 3.63) is 84.1 Å². The van der Waals surface area contributed by atoms with Gasteiger partial charge < -0.3 is 9.32 Å². The number of nitrogens with one attached hydrogen (secondary N) is 1. The fraction of sp³-hybridized carbons (Fsp3) is 0.158. The Hall–Kier alpha value is -2.97. The first-order valence-corrected chi connectivity index (χ1v) is 9.70. The van der Waals surface area contributed by atoms with Crippen LogP contribution >= 0.6 is 0 Å². The summed E-state index contributed by atoms with van der Waals surface area (Å²) in [6.45, 7) is 0.497. The topological polar surface area (TPSA) is 92.5 Å². The quantitative estimate of drug-likeness (QED) is 0.674. The Bertz CT molecular complexity index is 985. The van der Waals surface area contributed by atoms with E-state index in [0.717, 1.165) is 5.56 Å². The van der Waals surface area contributed by atoms with Gasteiger partial charge >= 0.3 is 0 Å². The maximum atomic E-state index is 12.5. The van der Waals surface area contributed by atoms with E-state index in [1.54, 1.807) is 36.5 Å². The average Bonchev–Trinajstić information content (AvgIpc) is 3.20. The zero-order valence-corrected chi connectivity index (χ0v) is 15.5. The van der Waals surface area contributed by atoms with Crippen molar-refractivity contribution in [3.63, 3.8) is 0 Å². The molecule has 2 aromatic heterocycles. The first-order valence-electron chi connectivity index (χ1n) is 8.22. The molecule has 0 radical (unpaired) electrons. The molecular formula is C19H19N3O4S. The number of hydrogen-bond donors (Lipinski definition) is 1. The number of carbonyl (C=O) groups is 1. The van der Waals surface area contributed by atoms with Gasteiger partial charge in [-0.2, -0.15) is 0 Å². The molecule has 0 aliphatic heterocycles. The number of amides is 1. The average molecular weight is 385 g/mol. The molecule has 0 aliphatic carbocycles. The standard InChI is InChI=1S/C19H19N3O4S/c1-22(14-15-8-10-20-11-9-15)19(23)16-4-6-18(7-5-16)27(24,25)21-13-17-3-2-12-26-17/h2-12,21H,13-14H2,1H3. The number of hydrogen-bond acceptors (Lipinski definition) is 5. The lowest BCUT2D eigenvalue weighted by Crippen LogP contribution is -2.26. The van der Waals surface area contributed by atoms with E-state index in [-0.39, 0.29) is 17.3 Å². The summed E-state index contributed by atoms with van der Waals surface area (Å²) in [5.41, 5.74) is 1.37. The molecule has 0 aliphatic rings. The summed E-state index contributed by atoms with van der Waals surface area (Å²) in [5, 5.41) is 0. The Kier molecular flexibility index (Phi) is 5.68. The Morgan fingerprint density at radius 2 is 1.81 bits per heavy atom. The lowest BCUT2D eigenvalue weighted by Gasteiger charge is -2.17. The Morgan fingerprint density at radius 3 is 2.44 bits per heavy atom. The van der Waals surface area contributed by atoms with Crippen molar-refractivity contribution in [2.75, 3.05) is 7.05 Å². The molecule has 2 heterocycles. The smallest absolute Gasteiger partial charge is 0.253 e. The third-order valence-corrected chi connectivity index (χ3v) is 5.36. The molecule has 1 aromatic carbocycles. The third kappa shape index (κ3) is 4.81. The summed E-state index contributed by atoms with van der Waals surface area (Å²) in [4.78, 5) is 18.1. The minimum absolute atomic E-state index is 0.0602. The van der Waals surface area contributed by atoms with Crippen molar-refractivity contribution in [1.29, 1.82) is 0 Å². The van der Waals surface area contributed by atoms with Gasteiger partial charge in [0, 0.05) is 31.5 Å². The van der Waals surface area contributed by atoms with Crippen LogP contribution in [0.5, 0.6) is 0 Å². The van der Waals surface area contributed by atoms with Crippen molar-refractivity contribution < 1.29 is 17.6 Å². The van der Waals surface area contributed by atoms with E-state index in [4.69, 9.17) is 4.42 Å². The molecule has 8 heteroatoms. The largest absolute Gasteiger partial charge is 0.468 e. The summed E-state index contributed by atoms with van der Waals surface area (Å²) in [7, 11) is -2.00. The molecule has 3 aromatic rings. The van der Waals surface area contributed by atoms with Crippen LogP contribution in [0.15, 0.2) is 76.5 Å². The molecule has 1 amide bonds. The minimum atomic E-state index is -3.69. The fourth-order valence-electron chi connectivity index (χ4n) is 2.49. The van der Waals surface area contributed by atoms with Gasteiger partial charge in [-0.3, -0.25) is 9.78 Å². The summed E-state index contributed by atoms with van der Waals surface area (Å²) in [6, 6.07) is 12.9. The molecule has 140 valence electrons. The number of rotatable bonds is 7. The highest BCUT2D eigenvalue weighted by atomic mass is 32.2. The van der Waals surface area contributed by atoms with Gasteiger partial charge in [0.05, 0.1) is 17.7 Å². The number of nitrogens with zero attached hydrogens (tertiary/aromatic N) is 2. The summed E-state index contributed by atoms with van der Waals surface area (Å²) in [5.74, 6) is 0.322. The highest BCUT2D eigenvalue weighted by Gasteiger charge is 2.17. The molecule has 0 saturated carbocycles. The van der Waals surface area contributed by atoms with Crippen LogP contribution in [-0.4, -0.2) is 31.3 Å². The number of benzene rings is 1. The molecule has 1 N–H and O–H groups in total. The summed E-state index contributed by atoms with van der Waals surface area (Å²) in [6.07, 6.45) is 4.82. The predicted octanol–water partition coefficient (Wildman–Crippen LogP) is 2.43. The van der Waals surface area contributed by atoms with Gasteiger partial charge in [0.15, 0.2) is 0 Å². The third-order valence-electron chi connectivity index (χ3n) is 3.94. The number of sulfonamides is 1. The molecule has 0 spiro atoms. The van der Waals surface area contributed by atoms with E-state index in [2.05, 4.69) is 9.71 Å². The van der Waals surface area contributed by atoms with E-state index < -0.39 is 10.0 Å². The lowest BCUT2D eigenvalue weighted by atomic mass is 10.2. The van der Waals surface area contributed by atoms with Crippen molar-refractivity contribution in [1.82, 2.24) is 14.6 Å². The maximum Gasteiger partial charge on any atom is 0.253 e. The van der Waals surface area contributed by atoms with Crippen LogP contribution < -0.4 is 4.72 Å². The second-order valence-corrected chi connectivity index (χ2v) is 7.71. The van der Waals surface area contributed by atoms with Crippen LogP contribution in [-0.2, 0) is 23.1 Å². The maximum absolute atomic E-state index is 12.5. The highest BCUT2D eigenvalue weighted by Crippen LogP contribution is 2.14. The lowest BCUT2D eigenvalue weighted by molar-refractivity contribution is 0.0785. The van der Waals surface area contributed by atoms with Crippen molar-refractivity contribution >= 4 is 15.9 Å². The predicted molar refractivity (Wildman–Crippen MR) is 99.2 cm³/mol. The second-order valence-electron chi connectivity index (χ2n) is 5.94. The van der Waals surface area contributed by atoms with E-state index in [1.165, 1.54) is 30.5 Å². The van der Waals surface area contributed by atoms with E-state index >= 15 is 0 Å². The van der Waals surface area contributed by atoms with Crippen LogP contribution in [0.25, 0.3) is 0 Å². The first kappa shape index (κ1) is 18.8. The Labute approximate surface area is 157 Å². The normalized spacial score (nSPS) is 11.3. The van der Waals surface area contributed by atoms with Gasteiger partial charge in [-0.25, -0.2) is 13.1 Å². The SMILES string of the molecule is CN(Cc1ccncc1)C(=O)c1ccc(S(=O)(=O)NCc2ccco2)cc1. The molecule has 0 fully saturated rings. The number of furan rings is 1. The molecule has 7 nitrogen and oxygen atoms in total. The minimum Gasteiger partial charge on any atom is -0.468 e. The molecule has 0 saturated heterocycles. The van der Waals surface area contributed by atoms with E-state index in [0.29, 0.717) is 17.9 Å². The van der Waals surface area contributed by atoms with Gasteiger partial charge in [-0.15, -0.1) is 0 Å². The van der Waals surface area contributed by atoms with Crippen molar-refractivity contribution in [3.8, 4) is 0 Å². The molecule has 0 atom stereocenters. The molecule has 27 heavy (non-hydrogen) atoms. The van der Waals surface area contributed by atoms with Gasteiger partial charge in [0.25, 0.3) is 5.91 Å². The van der Waals surface area contributed by atoms with Crippen LogP contribution in [0.2, 0.25) is 0 Å². The molecule has 3 rings (SSSR count). The molecular weight excluding hydrogens is 366 g/mol. The van der Waals surface area contributed by atoms with Crippen LogP contribution in [0, 0.1) is 0 Å². The Balaban J connectivity index is 1.66. The number of carbonyl (C=O) groups excluding carboxylic acids is 1. The fourth-order valence-corrected chi connectivity index (χ4v) is 3.49. The van der Waals surface area contributed by atoms with Gasteiger partial charge in [0.1, 0.15) is 5.76 Å². The van der Waals surface area contributed by atoms with Crippen LogP contribution in [0.4, 0.5) is 0 Å². The zero-order valence-electron chi connectivity index (χ0n) is 14.7. The van der Waals surface area contributed by atoms with Gasteiger partial charge in [-0.1, -0.05) is 0 Å².